The van der Waals surface area contributed by atoms with Crippen LogP contribution in [0.4, 0.5) is 0 Å². The standard InChI is InChI=1S/C19H21NO6S/c21-17(20-15-6-4-5-7-15)12-26-19(22)18-14(10-11-25-18)13-27(23,24)16-8-2-1-3-9-16/h1-3,8-11,15H,4-7,12-13H2,(H,20,21). The fourth-order valence-corrected chi connectivity index (χ4v) is 4.46. The van der Waals surface area contributed by atoms with E-state index in [4.69, 9.17) is 9.15 Å². The average molecular weight is 391 g/mol. The zero-order chi connectivity index (χ0) is 19.3. The second-order valence-corrected chi connectivity index (χ2v) is 8.46. The lowest BCUT2D eigenvalue weighted by molar-refractivity contribution is -0.124. The fraction of sp³-hybridized carbons (Fsp3) is 0.368. The summed E-state index contributed by atoms with van der Waals surface area (Å²) < 4.78 is 35.0. The van der Waals surface area contributed by atoms with Crippen molar-refractivity contribution in [2.45, 2.75) is 42.4 Å². The van der Waals surface area contributed by atoms with Crippen LogP contribution in [-0.4, -0.2) is 32.9 Å². The van der Waals surface area contributed by atoms with E-state index >= 15 is 0 Å². The van der Waals surface area contributed by atoms with Crippen molar-refractivity contribution in [2.24, 2.45) is 0 Å². The SMILES string of the molecule is O=C(COC(=O)c1occc1CS(=O)(=O)c1ccccc1)NC1CCCC1. The minimum absolute atomic E-state index is 0.131. The molecule has 8 heteroatoms. The van der Waals surface area contributed by atoms with Gasteiger partial charge >= 0.3 is 5.97 Å². The lowest BCUT2D eigenvalue weighted by Gasteiger charge is -2.11. The first-order valence-electron chi connectivity index (χ1n) is 8.76. The van der Waals surface area contributed by atoms with Crippen molar-refractivity contribution < 1.29 is 27.2 Å². The van der Waals surface area contributed by atoms with E-state index in [1.54, 1.807) is 18.2 Å². The Morgan fingerprint density at radius 1 is 1.11 bits per heavy atom. The normalized spacial score (nSPS) is 14.8. The third-order valence-electron chi connectivity index (χ3n) is 4.43. The highest BCUT2D eigenvalue weighted by molar-refractivity contribution is 7.90. The van der Waals surface area contributed by atoms with Crippen LogP contribution in [0.25, 0.3) is 0 Å². The molecule has 1 fully saturated rings. The summed E-state index contributed by atoms with van der Waals surface area (Å²) in [6, 6.07) is 9.49. The van der Waals surface area contributed by atoms with Crippen molar-refractivity contribution in [1.29, 1.82) is 0 Å². The zero-order valence-electron chi connectivity index (χ0n) is 14.7. The summed E-state index contributed by atoms with van der Waals surface area (Å²) in [6.45, 7) is -0.430. The van der Waals surface area contributed by atoms with Crippen molar-refractivity contribution in [1.82, 2.24) is 5.32 Å². The molecule has 1 amide bonds. The third kappa shape index (κ3) is 4.97. The Balaban J connectivity index is 1.60. The molecule has 1 aliphatic rings. The number of amides is 1. The Bertz CT molecular complexity index is 897. The number of carbonyl (C=O) groups is 2. The molecule has 1 saturated carbocycles. The molecule has 144 valence electrons. The second kappa shape index (κ2) is 8.39. The van der Waals surface area contributed by atoms with Gasteiger partial charge in [-0.1, -0.05) is 31.0 Å². The van der Waals surface area contributed by atoms with E-state index in [1.807, 2.05) is 0 Å². The van der Waals surface area contributed by atoms with E-state index in [0.29, 0.717) is 0 Å². The topological polar surface area (TPSA) is 103 Å². The minimum atomic E-state index is -3.63. The van der Waals surface area contributed by atoms with Crippen LogP contribution in [0.1, 0.15) is 41.8 Å². The molecule has 0 unspecified atom stereocenters. The van der Waals surface area contributed by atoms with Crippen LogP contribution < -0.4 is 5.32 Å². The van der Waals surface area contributed by atoms with Gasteiger partial charge in [0.1, 0.15) is 0 Å². The highest BCUT2D eigenvalue weighted by Gasteiger charge is 2.24. The van der Waals surface area contributed by atoms with Crippen molar-refractivity contribution in [3.05, 3.63) is 54.0 Å². The quantitative estimate of drug-likeness (QED) is 0.728. The van der Waals surface area contributed by atoms with E-state index in [0.717, 1.165) is 25.7 Å². The Morgan fingerprint density at radius 3 is 2.52 bits per heavy atom. The molecule has 27 heavy (non-hydrogen) atoms. The van der Waals surface area contributed by atoms with Crippen LogP contribution in [0.3, 0.4) is 0 Å². The van der Waals surface area contributed by atoms with Gasteiger partial charge in [0.2, 0.25) is 5.76 Å². The molecule has 1 heterocycles. The Morgan fingerprint density at radius 2 is 1.81 bits per heavy atom. The van der Waals surface area contributed by atoms with Crippen molar-refractivity contribution in [3.8, 4) is 0 Å². The summed E-state index contributed by atoms with van der Waals surface area (Å²) in [5.41, 5.74) is 0.194. The molecule has 0 spiro atoms. The maximum Gasteiger partial charge on any atom is 0.375 e. The van der Waals surface area contributed by atoms with Crippen LogP contribution in [0.5, 0.6) is 0 Å². The van der Waals surface area contributed by atoms with E-state index < -0.39 is 28.2 Å². The molecule has 2 aromatic rings. The van der Waals surface area contributed by atoms with Gasteiger partial charge in [0.25, 0.3) is 5.91 Å². The molecule has 0 saturated heterocycles. The predicted octanol–water partition coefficient (Wildman–Crippen LogP) is 2.47. The number of carbonyl (C=O) groups excluding carboxylic acids is 2. The minimum Gasteiger partial charge on any atom is -0.457 e. The summed E-state index contributed by atoms with van der Waals surface area (Å²) in [7, 11) is -3.63. The van der Waals surface area contributed by atoms with Gasteiger partial charge in [-0.15, -0.1) is 0 Å². The Labute approximate surface area is 157 Å². The van der Waals surface area contributed by atoms with Gasteiger partial charge < -0.3 is 14.5 Å². The number of benzene rings is 1. The van der Waals surface area contributed by atoms with Gasteiger partial charge in [0.05, 0.1) is 16.9 Å². The maximum absolute atomic E-state index is 12.5. The number of rotatable bonds is 7. The van der Waals surface area contributed by atoms with Gasteiger partial charge in [-0.25, -0.2) is 13.2 Å². The molecule has 1 aromatic heterocycles. The first kappa shape index (κ1) is 19.2. The fourth-order valence-electron chi connectivity index (χ4n) is 3.08. The van der Waals surface area contributed by atoms with E-state index in [2.05, 4.69) is 5.32 Å². The molecule has 1 aliphatic carbocycles. The average Bonchev–Trinajstić information content (AvgIpc) is 3.32. The summed E-state index contributed by atoms with van der Waals surface area (Å²) >= 11 is 0. The monoisotopic (exact) mass is 391 g/mol. The largest absolute Gasteiger partial charge is 0.457 e. The van der Waals surface area contributed by atoms with Gasteiger partial charge in [-0.3, -0.25) is 4.79 Å². The number of furan rings is 1. The molecule has 0 radical (unpaired) electrons. The number of hydrogen-bond acceptors (Lipinski definition) is 6. The molecule has 0 aliphatic heterocycles. The molecule has 1 aromatic carbocycles. The van der Waals surface area contributed by atoms with Gasteiger partial charge in [0, 0.05) is 11.6 Å². The summed E-state index contributed by atoms with van der Waals surface area (Å²) in [5.74, 6) is -1.84. The van der Waals surface area contributed by atoms with Crippen molar-refractivity contribution >= 4 is 21.7 Å². The lowest BCUT2D eigenvalue weighted by atomic mass is 10.2. The van der Waals surface area contributed by atoms with Gasteiger partial charge in [-0.2, -0.15) is 0 Å². The highest BCUT2D eigenvalue weighted by atomic mass is 32.2. The van der Waals surface area contributed by atoms with Crippen LogP contribution in [0.2, 0.25) is 0 Å². The molecule has 0 bridgehead atoms. The molecule has 7 nitrogen and oxygen atoms in total. The smallest absolute Gasteiger partial charge is 0.375 e. The Kier molecular flexibility index (Phi) is 5.95. The van der Waals surface area contributed by atoms with Gasteiger partial charge in [-0.05, 0) is 31.0 Å². The number of hydrogen-bond donors (Lipinski definition) is 1. The third-order valence-corrected chi connectivity index (χ3v) is 6.12. The second-order valence-electron chi connectivity index (χ2n) is 6.47. The number of sulfone groups is 1. The lowest BCUT2D eigenvalue weighted by Crippen LogP contribution is -2.35. The van der Waals surface area contributed by atoms with Crippen LogP contribution in [0, 0.1) is 0 Å². The van der Waals surface area contributed by atoms with Crippen molar-refractivity contribution in [2.75, 3.05) is 6.61 Å². The first-order chi connectivity index (χ1) is 13.0. The number of nitrogens with one attached hydrogen (secondary N) is 1. The summed E-state index contributed by atoms with van der Waals surface area (Å²) in [5, 5.41) is 2.81. The Hall–Kier alpha value is -2.61. The maximum atomic E-state index is 12.5. The van der Waals surface area contributed by atoms with Gasteiger partial charge in [0.15, 0.2) is 16.4 Å². The van der Waals surface area contributed by atoms with Crippen LogP contribution >= 0.6 is 0 Å². The summed E-state index contributed by atoms with van der Waals surface area (Å²) in [4.78, 5) is 24.2. The van der Waals surface area contributed by atoms with E-state index in [1.165, 1.54) is 24.5 Å². The molecular formula is C19H21NO6S. The number of ether oxygens (including phenoxy) is 1. The summed E-state index contributed by atoms with van der Waals surface area (Å²) in [6.07, 6.45) is 5.25. The number of esters is 1. The molecule has 0 atom stereocenters. The molecule has 1 N–H and O–H groups in total. The van der Waals surface area contributed by atoms with Crippen molar-refractivity contribution in [3.63, 3.8) is 0 Å². The zero-order valence-corrected chi connectivity index (χ0v) is 15.5. The van der Waals surface area contributed by atoms with Crippen LogP contribution in [-0.2, 0) is 25.1 Å². The van der Waals surface area contributed by atoms with Crippen LogP contribution in [0.15, 0.2) is 52.0 Å². The van der Waals surface area contributed by atoms with E-state index in [9.17, 15) is 18.0 Å². The van der Waals surface area contributed by atoms with E-state index in [-0.39, 0.29) is 28.2 Å². The first-order valence-corrected chi connectivity index (χ1v) is 10.4. The molecular weight excluding hydrogens is 370 g/mol. The predicted molar refractivity (Wildman–Crippen MR) is 96.7 cm³/mol. The molecule has 3 rings (SSSR count). The highest BCUT2D eigenvalue weighted by Crippen LogP contribution is 2.21.